The molecular weight excluding hydrogens is 398 g/mol. The third kappa shape index (κ3) is 3.21. The molecule has 0 saturated carbocycles. The van der Waals surface area contributed by atoms with Crippen molar-refractivity contribution in [2.24, 2.45) is 0 Å². The number of thioether (sulfide) groups is 1. The number of hydrogen-bond donors (Lipinski definition) is 2. The fraction of sp³-hybridized carbons (Fsp3) is 0. The molecule has 9 heteroatoms. The van der Waals surface area contributed by atoms with Gasteiger partial charge in [0.15, 0.2) is 4.32 Å². The van der Waals surface area contributed by atoms with Crippen LogP contribution in [0.3, 0.4) is 0 Å². The lowest BCUT2D eigenvalue weighted by Crippen LogP contribution is -2.27. The molecule has 0 aliphatic carbocycles. The predicted octanol–water partition coefficient (Wildman–Crippen LogP) is 3.44. The molecule has 1 aromatic heterocycles. The molecule has 1 aliphatic rings. The van der Waals surface area contributed by atoms with E-state index in [9.17, 15) is 14.7 Å². The van der Waals surface area contributed by atoms with Gasteiger partial charge in [-0.3, -0.25) is 19.7 Å². The fourth-order valence-corrected chi connectivity index (χ4v) is 4.05. The molecule has 28 heavy (non-hydrogen) atoms. The van der Waals surface area contributed by atoms with Crippen LogP contribution in [0.1, 0.15) is 15.9 Å². The van der Waals surface area contributed by atoms with Crippen molar-refractivity contribution in [3.63, 3.8) is 0 Å². The first-order valence-corrected chi connectivity index (χ1v) is 9.21. The topological polar surface area (TPSA) is 104 Å². The van der Waals surface area contributed by atoms with Gasteiger partial charge in [-0.1, -0.05) is 30.0 Å². The number of carboxylic acids is 1. The van der Waals surface area contributed by atoms with Crippen LogP contribution in [0.25, 0.3) is 17.1 Å². The van der Waals surface area contributed by atoms with Gasteiger partial charge in [0, 0.05) is 18.5 Å². The summed E-state index contributed by atoms with van der Waals surface area (Å²) in [4.78, 5) is 34.0. The molecule has 3 aromatic rings. The average molecular weight is 409 g/mol. The Morgan fingerprint density at radius 1 is 1.11 bits per heavy atom. The predicted molar refractivity (Wildman–Crippen MR) is 110 cm³/mol. The van der Waals surface area contributed by atoms with Crippen LogP contribution in [-0.2, 0) is 4.79 Å². The molecule has 1 aliphatic heterocycles. The van der Waals surface area contributed by atoms with Crippen molar-refractivity contribution >= 4 is 63.0 Å². The summed E-state index contributed by atoms with van der Waals surface area (Å²) >= 11 is 6.43. The lowest BCUT2D eigenvalue weighted by molar-refractivity contribution is -0.113. The van der Waals surface area contributed by atoms with E-state index in [4.69, 9.17) is 17.3 Å². The highest BCUT2D eigenvalue weighted by Gasteiger charge is 2.33. The van der Waals surface area contributed by atoms with Gasteiger partial charge in [-0.15, -0.1) is 0 Å². The molecule has 0 atom stereocenters. The zero-order valence-corrected chi connectivity index (χ0v) is 15.7. The van der Waals surface area contributed by atoms with Gasteiger partial charge in [-0.25, -0.2) is 4.79 Å². The van der Waals surface area contributed by atoms with Crippen molar-refractivity contribution in [2.75, 3.05) is 4.90 Å². The molecule has 1 fully saturated rings. The molecule has 7 nitrogen and oxygen atoms in total. The molecule has 1 amide bonds. The lowest BCUT2D eigenvalue weighted by atomic mass is 10.1. The number of anilines is 1. The quantitative estimate of drug-likeness (QED) is 0.501. The Labute approximate surface area is 168 Å². The van der Waals surface area contributed by atoms with E-state index in [0.717, 1.165) is 22.8 Å². The van der Waals surface area contributed by atoms with Crippen molar-refractivity contribution in [1.82, 2.24) is 9.97 Å². The Hall–Kier alpha value is -3.30. The SMILES string of the molecule is O=C(O)c1ccc(N2C(=O)/C(=C\c3ccc4nccnc4c3)SC2=S)cc1O. The maximum atomic E-state index is 12.8. The largest absolute Gasteiger partial charge is 0.507 e. The number of aromatic carboxylic acids is 1. The van der Waals surface area contributed by atoms with E-state index < -0.39 is 11.7 Å². The van der Waals surface area contributed by atoms with Crippen LogP contribution < -0.4 is 4.90 Å². The summed E-state index contributed by atoms with van der Waals surface area (Å²) in [5.74, 6) is -2.04. The first kappa shape index (κ1) is 18.1. The monoisotopic (exact) mass is 409 g/mol. The van der Waals surface area contributed by atoms with Crippen LogP contribution in [-0.4, -0.2) is 36.4 Å². The van der Waals surface area contributed by atoms with Crippen molar-refractivity contribution in [3.05, 3.63) is 64.8 Å². The number of fused-ring (bicyclic) bond motifs is 1. The van der Waals surface area contributed by atoms with E-state index in [-0.39, 0.29) is 11.5 Å². The summed E-state index contributed by atoms with van der Waals surface area (Å²) in [7, 11) is 0. The number of carbonyl (C=O) groups excluding carboxylic acids is 1. The van der Waals surface area contributed by atoms with E-state index in [2.05, 4.69) is 9.97 Å². The minimum absolute atomic E-state index is 0.248. The summed E-state index contributed by atoms with van der Waals surface area (Å²) in [6, 6.07) is 9.35. The van der Waals surface area contributed by atoms with Gasteiger partial charge < -0.3 is 10.2 Å². The van der Waals surface area contributed by atoms with Gasteiger partial charge in [0.1, 0.15) is 11.3 Å². The van der Waals surface area contributed by atoms with Gasteiger partial charge in [0.2, 0.25) is 0 Å². The second-order valence-electron chi connectivity index (χ2n) is 5.83. The molecule has 0 unspecified atom stereocenters. The zero-order valence-electron chi connectivity index (χ0n) is 14.1. The van der Waals surface area contributed by atoms with Crippen molar-refractivity contribution in [2.45, 2.75) is 0 Å². The van der Waals surface area contributed by atoms with Crippen LogP contribution in [0.2, 0.25) is 0 Å². The number of thiocarbonyl (C=S) groups is 1. The van der Waals surface area contributed by atoms with Gasteiger partial charge in [-0.2, -0.15) is 0 Å². The molecular formula is C19H11N3O4S2. The summed E-state index contributed by atoms with van der Waals surface area (Å²) in [5, 5.41) is 18.9. The molecule has 0 radical (unpaired) electrons. The lowest BCUT2D eigenvalue weighted by Gasteiger charge is -2.15. The second kappa shape index (κ2) is 7.02. The van der Waals surface area contributed by atoms with Crippen molar-refractivity contribution < 1.29 is 19.8 Å². The number of nitrogens with zero attached hydrogens (tertiary/aromatic N) is 3. The summed E-state index contributed by atoms with van der Waals surface area (Å²) in [6.45, 7) is 0. The minimum atomic E-state index is -1.26. The number of rotatable bonds is 3. The Morgan fingerprint density at radius 2 is 1.86 bits per heavy atom. The summed E-state index contributed by atoms with van der Waals surface area (Å²) in [5.41, 5.74) is 2.29. The molecule has 138 valence electrons. The number of aromatic nitrogens is 2. The Kier molecular flexibility index (Phi) is 4.54. The molecule has 1 saturated heterocycles. The van der Waals surface area contributed by atoms with Gasteiger partial charge in [0.25, 0.3) is 5.91 Å². The maximum absolute atomic E-state index is 12.8. The summed E-state index contributed by atoms with van der Waals surface area (Å²) in [6.07, 6.45) is 4.91. The first-order valence-electron chi connectivity index (χ1n) is 7.99. The summed E-state index contributed by atoms with van der Waals surface area (Å²) < 4.78 is 0.291. The van der Waals surface area contributed by atoms with E-state index in [0.29, 0.717) is 20.4 Å². The van der Waals surface area contributed by atoms with Gasteiger partial charge in [0.05, 0.1) is 21.6 Å². The number of carboxylic acid groups (broad SMARTS) is 1. The van der Waals surface area contributed by atoms with Gasteiger partial charge in [-0.05, 0) is 35.9 Å². The number of hydrogen-bond acceptors (Lipinski definition) is 7. The van der Waals surface area contributed by atoms with E-state index >= 15 is 0 Å². The minimum Gasteiger partial charge on any atom is -0.507 e. The average Bonchev–Trinajstić information content (AvgIpc) is 2.94. The van der Waals surface area contributed by atoms with Crippen LogP contribution in [0, 0.1) is 0 Å². The highest BCUT2D eigenvalue weighted by Crippen LogP contribution is 2.37. The zero-order chi connectivity index (χ0) is 19.8. The Balaban J connectivity index is 1.67. The van der Waals surface area contributed by atoms with Crippen LogP contribution in [0.5, 0.6) is 5.75 Å². The third-order valence-corrected chi connectivity index (χ3v) is 5.36. The fourth-order valence-electron chi connectivity index (χ4n) is 2.75. The smallest absolute Gasteiger partial charge is 0.339 e. The Bertz CT molecular complexity index is 1190. The molecule has 0 spiro atoms. The van der Waals surface area contributed by atoms with Crippen LogP contribution in [0.15, 0.2) is 53.7 Å². The molecule has 2 heterocycles. The molecule has 4 rings (SSSR count). The van der Waals surface area contributed by atoms with Crippen molar-refractivity contribution in [1.29, 1.82) is 0 Å². The highest BCUT2D eigenvalue weighted by atomic mass is 32.2. The number of carbonyl (C=O) groups is 2. The first-order chi connectivity index (χ1) is 13.4. The number of phenols is 1. The van der Waals surface area contributed by atoms with Gasteiger partial charge >= 0.3 is 5.97 Å². The molecule has 0 bridgehead atoms. The van der Waals surface area contributed by atoms with E-state index in [1.165, 1.54) is 23.1 Å². The normalized spacial score (nSPS) is 15.6. The number of aromatic hydroxyl groups is 1. The Morgan fingerprint density at radius 3 is 2.57 bits per heavy atom. The molecule has 2 N–H and O–H groups in total. The van der Waals surface area contributed by atoms with E-state index in [1.54, 1.807) is 18.5 Å². The number of benzene rings is 2. The molecule has 2 aromatic carbocycles. The third-order valence-electron chi connectivity index (χ3n) is 4.05. The number of amides is 1. The van der Waals surface area contributed by atoms with E-state index in [1.807, 2.05) is 18.2 Å². The second-order valence-corrected chi connectivity index (χ2v) is 7.50. The standard InChI is InChI=1S/C19H11N3O4S2/c23-15-9-11(2-3-12(15)18(25)26)22-17(24)16(28-19(22)27)8-10-1-4-13-14(7-10)21-6-5-20-13/h1-9,23H,(H,25,26)/b16-8+. The maximum Gasteiger partial charge on any atom is 0.339 e. The highest BCUT2D eigenvalue weighted by molar-refractivity contribution is 8.27. The van der Waals surface area contributed by atoms with Crippen molar-refractivity contribution in [3.8, 4) is 5.75 Å². The van der Waals surface area contributed by atoms with Crippen LogP contribution >= 0.6 is 24.0 Å². The van der Waals surface area contributed by atoms with Crippen LogP contribution in [0.4, 0.5) is 5.69 Å².